The van der Waals surface area contributed by atoms with Gasteiger partial charge >= 0.3 is 0 Å². The molecule has 0 aliphatic rings. The number of methoxy groups -OCH3 is 1. The van der Waals surface area contributed by atoms with Crippen LogP contribution in [0.4, 0.5) is 5.69 Å². The lowest BCUT2D eigenvalue weighted by molar-refractivity contribution is -0.119. The van der Waals surface area contributed by atoms with Crippen molar-refractivity contribution in [3.05, 3.63) is 83.4 Å². The molecular weight excluding hydrogens is 452 g/mol. The van der Waals surface area contributed by atoms with Gasteiger partial charge in [0.05, 0.1) is 24.2 Å². The van der Waals surface area contributed by atoms with E-state index in [0.717, 1.165) is 21.0 Å². The number of hydrogen-bond acceptors (Lipinski definition) is 5. The zero-order chi connectivity index (χ0) is 24.7. The summed E-state index contributed by atoms with van der Waals surface area (Å²) < 4.78 is 39.3. The number of amides is 1. The molecule has 3 rings (SSSR count). The van der Waals surface area contributed by atoms with Crippen LogP contribution < -0.4 is 19.1 Å². The van der Waals surface area contributed by atoms with Gasteiger partial charge in [-0.1, -0.05) is 41.5 Å². The van der Waals surface area contributed by atoms with Gasteiger partial charge in [0.25, 0.3) is 10.0 Å². The first-order valence-electron chi connectivity index (χ1n) is 10.9. The molecule has 8 heteroatoms. The summed E-state index contributed by atoms with van der Waals surface area (Å²) in [6.45, 7) is 5.81. The lowest BCUT2D eigenvalue weighted by atomic mass is 10.2. The van der Waals surface area contributed by atoms with Crippen LogP contribution in [0.25, 0.3) is 0 Å². The molecule has 3 aromatic rings. The summed E-state index contributed by atoms with van der Waals surface area (Å²) >= 11 is 0. The van der Waals surface area contributed by atoms with Gasteiger partial charge in [0.1, 0.15) is 24.7 Å². The summed E-state index contributed by atoms with van der Waals surface area (Å²) in [5, 5.41) is 2.74. The summed E-state index contributed by atoms with van der Waals surface area (Å²) in [5.74, 6) is 0.608. The molecule has 0 radical (unpaired) electrons. The van der Waals surface area contributed by atoms with Crippen molar-refractivity contribution < 1.29 is 22.7 Å². The van der Waals surface area contributed by atoms with Crippen molar-refractivity contribution in [1.82, 2.24) is 5.32 Å². The Balaban J connectivity index is 1.78. The molecule has 1 amide bonds. The maximum absolute atomic E-state index is 13.6. The molecule has 0 aromatic heterocycles. The van der Waals surface area contributed by atoms with Crippen molar-refractivity contribution in [3.8, 4) is 11.5 Å². The number of nitrogens with one attached hydrogen (secondary N) is 1. The van der Waals surface area contributed by atoms with E-state index in [4.69, 9.17) is 9.47 Å². The van der Waals surface area contributed by atoms with Gasteiger partial charge in [0.15, 0.2) is 0 Å². The minimum atomic E-state index is -4.03. The average Bonchev–Trinajstić information content (AvgIpc) is 2.81. The lowest BCUT2D eigenvalue weighted by Gasteiger charge is -2.26. The number of sulfonamides is 1. The third kappa shape index (κ3) is 6.29. The molecule has 0 saturated carbocycles. The maximum Gasteiger partial charge on any atom is 0.264 e. The van der Waals surface area contributed by atoms with E-state index in [-0.39, 0.29) is 18.0 Å². The molecule has 7 nitrogen and oxygen atoms in total. The third-order valence-electron chi connectivity index (χ3n) is 5.21. The molecule has 0 aliphatic carbocycles. The summed E-state index contributed by atoms with van der Waals surface area (Å²) in [6, 6.07) is 19.3. The van der Waals surface area contributed by atoms with Gasteiger partial charge < -0.3 is 14.8 Å². The Hall–Kier alpha value is -3.52. The van der Waals surface area contributed by atoms with Crippen molar-refractivity contribution in [1.29, 1.82) is 0 Å². The number of hydrogen-bond donors (Lipinski definition) is 1. The summed E-state index contributed by atoms with van der Waals surface area (Å²) in [5.41, 5.74) is 3.20. The number of carbonyl (C=O) groups excluding carboxylic acids is 1. The second-order valence-corrected chi connectivity index (χ2v) is 9.87. The molecule has 0 bridgehead atoms. The molecular formula is C26H30N2O5S. The first-order valence-corrected chi connectivity index (χ1v) is 12.3. The highest BCUT2D eigenvalue weighted by Crippen LogP contribution is 2.33. The van der Waals surface area contributed by atoms with Crippen LogP contribution in [-0.2, 0) is 14.8 Å². The normalized spacial score (nSPS) is 11.1. The molecule has 0 saturated heterocycles. The summed E-state index contributed by atoms with van der Waals surface area (Å²) in [4.78, 5) is 12.9. The maximum atomic E-state index is 13.6. The van der Waals surface area contributed by atoms with Crippen molar-refractivity contribution in [3.63, 3.8) is 0 Å². The second kappa shape index (κ2) is 11.1. The molecule has 0 atom stereocenters. The molecule has 0 spiro atoms. The van der Waals surface area contributed by atoms with Crippen LogP contribution in [0.15, 0.2) is 71.6 Å². The predicted molar refractivity (Wildman–Crippen MR) is 133 cm³/mol. The highest BCUT2D eigenvalue weighted by Gasteiger charge is 2.29. The van der Waals surface area contributed by atoms with E-state index >= 15 is 0 Å². The van der Waals surface area contributed by atoms with E-state index < -0.39 is 22.5 Å². The monoisotopic (exact) mass is 482 g/mol. The minimum Gasteiger partial charge on any atom is -0.495 e. The zero-order valence-corrected chi connectivity index (χ0v) is 20.7. The molecule has 0 aliphatic heterocycles. The Labute approximate surface area is 201 Å². The van der Waals surface area contributed by atoms with E-state index in [2.05, 4.69) is 5.32 Å². The average molecular weight is 483 g/mol. The van der Waals surface area contributed by atoms with Crippen molar-refractivity contribution in [2.24, 2.45) is 0 Å². The number of benzene rings is 3. The van der Waals surface area contributed by atoms with Gasteiger partial charge in [-0.15, -0.1) is 0 Å². The van der Waals surface area contributed by atoms with E-state index in [1.807, 2.05) is 51.1 Å². The van der Waals surface area contributed by atoms with Crippen LogP contribution in [0.2, 0.25) is 0 Å². The number of ether oxygens (including phenoxy) is 2. The van der Waals surface area contributed by atoms with Crippen molar-refractivity contribution >= 4 is 21.6 Å². The third-order valence-corrected chi connectivity index (χ3v) is 6.99. The highest BCUT2D eigenvalue weighted by molar-refractivity contribution is 7.92. The van der Waals surface area contributed by atoms with Gasteiger partial charge in [-0.2, -0.15) is 0 Å². The van der Waals surface area contributed by atoms with Gasteiger partial charge in [-0.25, -0.2) is 8.42 Å². The Morgan fingerprint density at radius 2 is 1.47 bits per heavy atom. The minimum absolute atomic E-state index is 0.0946. The molecule has 34 heavy (non-hydrogen) atoms. The Kier molecular flexibility index (Phi) is 8.17. The Bertz CT molecular complexity index is 1220. The van der Waals surface area contributed by atoms with Crippen LogP contribution >= 0.6 is 0 Å². The first kappa shape index (κ1) is 25.1. The van der Waals surface area contributed by atoms with Gasteiger partial charge in [0.2, 0.25) is 5.91 Å². The quantitative estimate of drug-likeness (QED) is 0.442. The fourth-order valence-electron chi connectivity index (χ4n) is 3.31. The molecule has 0 unspecified atom stereocenters. The smallest absolute Gasteiger partial charge is 0.264 e. The topological polar surface area (TPSA) is 84.9 Å². The first-order chi connectivity index (χ1) is 16.2. The van der Waals surface area contributed by atoms with Gasteiger partial charge in [0, 0.05) is 0 Å². The molecule has 1 N–H and O–H groups in total. The summed E-state index contributed by atoms with van der Waals surface area (Å²) in [7, 11) is -2.57. The van der Waals surface area contributed by atoms with Crippen LogP contribution in [0.1, 0.15) is 16.7 Å². The van der Waals surface area contributed by atoms with E-state index in [0.29, 0.717) is 17.2 Å². The number of anilines is 1. The number of carbonyl (C=O) groups is 1. The standard InChI is InChI=1S/C26H30N2O5S/c1-19-5-10-22(11-6-19)33-16-15-27-26(29)18-28(24-17-21(3)9-14-25(24)32-4)34(30,31)23-12-7-20(2)8-13-23/h5-14,17H,15-16,18H2,1-4H3,(H,27,29). The molecule has 0 fully saturated rings. The Morgan fingerprint density at radius 3 is 2.09 bits per heavy atom. The predicted octanol–water partition coefficient (Wildman–Crippen LogP) is 4.01. The number of nitrogens with zero attached hydrogens (tertiary/aromatic N) is 1. The van der Waals surface area contributed by atoms with E-state index in [9.17, 15) is 13.2 Å². The highest BCUT2D eigenvalue weighted by atomic mass is 32.2. The van der Waals surface area contributed by atoms with Crippen molar-refractivity contribution in [2.75, 3.05) is 31.1 Å². The largest absolute Gasteiger partial charge is 0.495 e. The van der Waals surface area contributed by atoms with Crippen LogP contribution in [0.3, 0.4) is 0 Å². The SMILES string of the molecule is COc1ccc(C)cc1N(CC(=O)NCCOc1ccc(C)cc1)S(=O)(=O)c1ccc(C)cc1. The van der Waals surface area contributed by atoms with Crippen LogP contribution in [0.5, 0.6) is 11.5 Å². The Morgan fingerprint density at radius 1 is 0.882 bits per heavy atom. The van der Waals surface area contributed by atoms with E-state index in [1.54, 1.807) is 24.3 Å². The fourth-order valence-corrected chi connectivity index (χ4v) is 4.74. The van der Waals surface area contributed by atoms with Gasteiger partial charge in [-0.3, -0.25) is 9.10 Å². The van der Waals surface area contributed by atoms with Crippen LogP contribution in [-0.4, -0.2) is 41.1 Å². The van der Waals surface area contributed by atoms with Crippen LogP contribution in [0, 0.1) is 20.8 Å². The fraction of sp³-hybridized carbons (Fsp3) is 0.269. The molecule has 180 valence electrons. The van der Waals surface area contributed by atoms with Gasteiger partial charge in [-0.05, 0) is 62.7 Å². The molecule has 0 heterocycles. The van der Waals surface area contributed by atoms with Crippen molar-refractivity contribution in [2.45, 2.75) is 25.7 Å². The number of rotatable bonds is 10. The van der Waals surface area contributed by atoms with E-state index in [1.165, 1.54) is 19.2 Å². The lowest BCUT2D eigenvalue weighted by Crippen LogP contribution is -2.42. The molecule has 3 aromatic carbocycles. The number of aryl methyl sites for hydroxylation is 3. The zero-order valence-electron chi connectivity index (χ0n) is 19.9. The summed E-state index contributed by atoms with van der Waals surface area (Å²) in [6.07, 6.45) is 0. The second-order valence-electron chi connectivity index (χ2n) is 8.01.